The number of halogens is 5. The Hall–Kier alpha value is -3.02. The van der Waals surface area contributed by atoms with Gasteiger partial charge in [0.05, 0.1) is 16.8 Å². The van der Waals surface area contributed by atoms with E-state index in [-0.39, 0.29) is 34.5 Å². The van der Waals surface area contributed by atoms with E-state index >= 15 is 0 Å². The third kappa shape index (κ3) is 4.24. The number of piperazine rings is 1. The SMILES string of the molecule is C[C@H]1CN(c2cc(C(F)(F)F)cc(-c3ccnc4c3[C@@H](C(F)F)OC(=O)N4)n2)CCN1. The van der Waals surface area contributed by atoms with Crippen LogP contribution in [0.3, 0.4) is 0 Å². The summed E-state index contributed by atoms with van der Waals surface area (Å²) >= 11 is 0. The lowest BCUT2D eigenvalue weighted by Crippen LogP contribution is -2.49. The van der Waals surface area contributed by atoms with Crippen LogP contribution in [0.15, 0.2) is 24.4 Å². The number of pyridine rings is 2. The molecule has 0 saturated carbocycles. The molecule has 12 heteroatoms. The van der Waals surface area contributed by atoms with E-state index in [0.29, 0.717) is 19.6 Å². The van der Waals surface area contributed by atoms with Crippen LogP contribution in [0.25, 0.3) is 11.3 Å². The predicted octanol–water partition coefficient (Wildman–Crippen LogP) is 3.83. The van der Waals surface area contributed by atoms with Crippen molar-refractivity contribution in [2.45, 2.75) is 31.7 Å². The molecule has 0 radical (unpaired) electrons. The molecule has 2 aromatic rings. The number of hydrogen-bond donors (Lipinski definition) is 2. The van der Waals surface area contributed by atoms with Crippen molar-refractivity contribution in [2.24, 2.45) is 0 Å². The van der Waals surface area contributed by atoms with Crippen LogP contribution in [-0.4, -0.2) is 48.2 Å². The van der Waals surface area contributed by atoms with E-state index in [1.165, 1.54) is 12.3 Å². The van der Waals surface area contributed by atoms with Crippen LogP contribution in [0.1, 0.15) is 24.2 Å². The van der Waals surface area contributed by atoms with Gasteiger partial charge < -0.3 is 15.0 Å². The Morgan fingerprint density at radius 3 is 2.74 bits per heavy atom. The molecule has 2 aromatic heterocycles. The van der Waals surface area contributed by atoms with Crippen molar-refractivity contribution in [2.75, 3.05) is 29.9 Å². The number of rotatable bonds is 3. The summed E-state index contributed by atoms with van der Waals surface area (Å²) in [6.07, 6.45) is -9.67. The predicted molar refractivity (Wildman–Crippen MR) is 101 cm³/mol. The van der Waals surface area contributed by atoms with Gasteiger partial charge in [0, 0.05) is 37.4 Å². The van der Waals surface area contributed by atoms with Gasteiger partial charge in [-0.05, 0) is 25.1 Å². The molecule has 2 atom stereocenters. The fraction of sp³-hybridized carbons (Fsp3) is 0.421. The lowest BCUT2D eigenvalue weighted by atomic mass is 9.98. The number of aromatic nitrogens is 2. The number of ether oxygens (including phenoxy) is 1. The van der Waals surface area contributed by atoms with Gasteiger partial charge in [-0.3, -0.25) is 5.32 Å². The summed E-state index contributed by atoms with van der Waals surface area (Å²) in [4.78, 5) is 21.5. The summed E-state index contributed by atoms with van der Waals surface area (Å²) in [5.41, 5.74) is -1.37. The Kier molecular flexibility index (Phi) is 5.42. The number of carbonyl (C=O) groups excluding carboxylic acids is 1. The van der Waals surface area contributed by atoms with Gasteiger partial charge in [0.25, 0.3) is 6.43 Å². The van der Waals surface area contributed by atoms with Crippen LogP contribution < -0.4 is 15.5 Å². The second-order valence-electron chi connectivity index (χ2n) is 7.30. The van der Waals surface area contributed by atoms with Crippen molar-refractivity contribution < 1.29 is 31.5 Å². The maximum atomic E-state index is 13.6. The normalized spacial score (nSPS) is 21.5. The Morgan fingerprint density at radius 2 is 2.06 bits per heavy atom. The number of nitrogens with one attached hydrogen (secondary N) is 2. The molecule has 0 bridgehead atoms. The third-order valence-corrected chi connectivity index (χ3v) is 5.07. The topological polar surface area (TPSA) is 79.4 Å². The molecule has 7 nitrogen and oxygen atoms in total. The lowest BCUT2D eigenvalue weighted by molar-refractivity contribution is -0.137. The van der Waals surface area contributed by atoms with E-state index < -0.39 is 30.4 Å². The first-order valence-corrected chi connectivity index (χ1v) is 9.46. The van der Waals surface area contributed by atoms with Gasteiger partial charge >= 0.3 is 12.3 Å². The summed E-state index contributed by atoms with van der Waals surface area (Å²) in [5.74, 6) is -0.117. The monoisotopic (exact) mass is 443 g/mol. The highest BCUT2D eigenvalue weighted by atomic mass is 19.4. The van der Waals surface area contributed by atoms with Gasteiger partial charge in [-0.1, -0.05) is 0 Å². The third-order valence-electron chi connectivity index (χ3n) is 5.07. The van der Waals surface area contributed by atoms with Gasteiger partial charge in [0.1, 0.15) is 11.6 Å². The number of nitrogens with zero attached hydrogens (tertiary/aromatic N) is 3. The minimum atomic E-state index is -4.67. The van der Waals surface area contributed by atoms with Crippen LogP contribution in [0.2, 0.25) is 0 Å². The number of hydrogen-bond acceptors (Lipinski definition) is 6. The van der Waals surface area contributed by atoms with Gasteiger partial charge in [0.2, 0.25) is 0 Å². The first-order chi connectivity index (χ1) is 14.6. The molecule has 1 saturated heterocycles. The average molecular weight is 443 g/mol. The summed E-state index contributed by atoms with van der Waals surface area (Å²) in [6.45, 7) is 3.33. The van der Waals surface area contributed by atoms with E-state index in [2.05, 4.69) is 25.3 Å². The van der Waals surface area contributed by atoms with Gasteiger partial charge in [-0.2, -0.15) is 13.2 Å². The Bertz CT molecular complexity index is 1000. The van der Waals surface area contributed by atoms with Gasteiger partial charge in [0.15, 0.2) is 6.10 Å². The van der Waals surface area contributed by atoms with Gasteiger partial charge in [-0.25, -0.2) is 23.5 Å². The molecule has 4 heterocycles. The first-order valence-electron chi connectivity index (χ1n) is 9.46. The second-order valence-corrected chi connectivity index (χ2v) is 7.30. The number of cyclic esters (lactones) is 1. The zero-order valence-corrected chi connectivity index (χ0v) is 16.2. The molecule has 31 heavy (non-hydrogen) atoms. The lowest BCUT2D eigenvalue weighted by Gasteiger charge is -2.33. The van der Waals surface area contributed by atoms with E-state index in [0.717, 1.165) is 12.1 Å². The molecular weight excluding hydrogens is 425 g/mol. The van der Waals surface area contributed by atoms with E-state index in [9.17, 15) is 26.7 Å². The van der Waals surface area contributed by atoms with E-state index in [4.69, 9.17) is 0 Å². The summed E-state index contributed by atoms with van der Waals surface area (Å²) < 4.78 is 72.8. The van der Waals surface area contributed by atoms with E-state index in [1.807, 2.05) is 6.92 Å². The standard InChI is InChI=1S/C19H18F5N5O2/c1-9-8-29(5-4-25-9)13-7-10(19(22,23)24)6-12(27-13)11-2-3-26-17-14(11)15(16(20)21)31-18(30)28-17/h2-3,6-7,9,15-16,25H,4-5,8H2,1H3,(H,26,28,30)/t9-,15-/m0/s1. The largest absolute Gasteiger partial charge is 0.435 e. The van der Waals surface area contributed by atoms with Crippen molar-refractivity contribution in [3.05, 3.63) is 35.5 Å². The molecule has 1 amide bonds. The molecule has 0 aliphatic carbocycles. The molecule has 0 aromatic carbocycles. The number of amides is 1. The Labute approximate surface area is 173 Å². The minimum absolute atomic E-state index is 0.0224. The number of fused-ring (bicyclic) bond motifs is 1. The smallest absolute Gasteiger partial charge is 0.416 e. The number of anilines is 2. The summed E-state index contributed by atoms with van der Waals surface area (Å²) in [6, 6.07) is 3.05. The highest BCUT2D eigenvalue weighted by Crippen LogP contribution is 2.41. The van der Waals surface area contributed by atoms with Crippen LogP contribution in [0.4, 0.5) is 38.4 Å². The molecule has 4 rings (SSSR count). The Balaban J connectivity index is 1.88. The zero-order chi connectivity index (χ0) is 22.3. The number of alkyl halides is 5. The molecule has 1 fully saturated rings. The van der Waals surface area contributed by atoms with Crippen molar-refractivity contribution in [1.82, 2.24) is 15.3 Å². The van der Waals surface area contributed by atoms with Crippen molar-refractivity contribution in [3.63, 3.8) is 0 Å². The second kappa shape index (κ2) is 7.91. The molecule has 0 unspecified atom stereocenters. The van der Waals surface area contributed by atoms with Crippen LogP contribution in [0.5, 0.6) is 0 Å². The maximum absolute atomic E-state index is 13.6. The van der Waals surface area contributed by atoms with Crippen LogP contribution in [-0.2, 0) is 10.9 Å². The summed E-state index contributed by atoms with van der Waals surface area (Å²) in [5, 5.41) is 5.41. The first kappa shape index (κ1) is 21.2. The van der Waals surface area contributed by atoms with Gasteiger partial charge in [-0.15, -0.1) is 0 Å². The molecule has 166 valence electrons. The molecular formula is C19H18F5N5O2. The van der Waals surface area contributed by atoms with Crippen molar-refractivity contribution >= 4 is 17.7 Å². The summed E-state index contributed by atoms with van der Waals surface area (Å²) in [7, 11) is 0. The minimum Gasteiger partial charge on any atom is -0.435 e. The van der Waals surface area contributed by atoms with E-state index in [1.54, 1.807) is 4.90 Å². The van der Waals surface area contributed by atoms with Crippen molar-refractivity contribution in [1.29, 1.82) is 0 Å². The highest BCUT2D eigenvalue weighted by Gasteiger charge is 2.38. The maximum Gasteiger partial charge on any atom is 0.416 e. The molecule has 2 N–H and O–H groups in total. The number of carbonyl (C=O) groups is 1. The highest BCUT2D eigenvalue weighted by molar-refractivity contribution is 5.89. The fourth-order valence-corrected chi connectivity index (χ4v) is 3.68. The van der Waals surface area contributed by atoms with Crippen LogP contribution in [0, 0.1) is 0 Å². The quantitative estimate of drug-likeness (QED) is 0.703. The molecule has 2 aliphatic rings. The fourth-order valence-electron chi connectivity index (χ4n) is 3.68. The Morgan fingerprint density at radius 1 is 1.29 bits per heavy atom. The van der Waals surface area contributed by atoms with Crippen molar-refractivity contribution in [3.8, 4) is 11.3 Å². The molecule has 2 aliphatic heterocycles. The van der Waals surface area contributed by atoms with Crippen LogP contribution >= 0.6 is 0 Å². The molecule has 0 spiro atoms. The zero-order valence-electron chi connectivity index (χ0n) is 16.2. The average Bonchev–Trinajstić information content (AvgIpc) is 2.71.